The van der Waals surface area contributed by atoms with Crippen LogP contribution in [-0.2, 0) is 19.9 Å². The average molecular weight is 637 g/mol. The normalized spacial score (nSPS) is 13.6. The fraction of sp³-hybridized carbons (Fsp3) is 0.321. The van der Waals surface area contributed by atoms with E-state index in [9.17, 15) is 30.0 Å². The molecule has 3 N–H and O–H groups in total. The third-order valence-electron chi connectivity index (χ3n) is 6.03. The van der Waals surface area contributed by atoms with Crippen molar-refractivity contribution in [2.45, 2.75) is 55.2 Å². The lowest BCUT2D eigenvalue weighted by Crippen LogP contribution is -2.40. The second-order valence-corrected chi connectivity index (χ2v) is 14.7. The summed E-state index contributed by atoms with van der Waals surface area (Å²) in [5.74, 6) is -0.155. The number of sulfonamides is 1. The molecule has 2 heterocycles. The predicted molar refractivity (Wildman–Crippen MR) is 159 cm³/mol. The van der Waals surface area contributed by atoms with E-state index in [0.717, 1.165) is 6.26 Å². The third-order valence-corrected chi connectivity index (χ3v) is 8.92. The van der Waals surface area contributed by atoms with Gasteiger partial charge in [0.1, 0.15) is 12.1 Å². The molecule has 230 valence electrons. The molecule has 2 aromatic heterocycles. The minimum Gasteiger partial charge on any atom is -0.359 e. The number of benzene rings is 2. The summed E-state index contributed by atoms with van der Waals surface area (Å²) in [6, 6.07) is 14.9. The van der Waals surface area contributed by atoms with Crippen LogP contribution in [0.15, 0.2) is 70.5 Å². The van der Waals surface area contributed by atoms with E-state index >= 15 is 0 Å². The standard InChI is InChI=1S/C28H31F3N6O4S2/c1-17(18-9-11-20(12-10-18)43(40,41)37-27(2,3)4)33-26-35-23-14-13-22(19-7-6-8-21(15-19)42(5,38)39)34-24(23)25(36-26)32-16-28(29,30)31/h6-15,17,37H,16H2,1-5H3,(H2,32,33,35,36). The Morgan fingerprint density at radius 2 is 1.53 bits per heavy atom. The Bertz CT molecular complexity index is 1860. The maximum absolute atomic E-state index is 13.1. The van der Waals surface area contributed by atoms with Crippen molar-refractivity contribution < 1.29 is 30.0 Å². The quantitative estimate of drug-likeness (QED) is 0.222. The Balaban J connectivity index is 1.67. The van der Waals surface area contributed by atoms with Gasteiger partial charge in [-0.3, -0.25) is 0 Å². The first-order chi connectivity index (χ1) is 19.8. The minimum atomic E-state index is -4.54. The summed E-state index contributed by atoms with van der Waals surface area (Å²) in [6.07, 6.45) is -3.47. The summed E-state index contributed by atoms with van der Waals surface area (Å²) in [5.41, 5.74) is 1.10. The van der Waals surface area contributed by atoms with Gasteiger partial charge in [-0.05, 0) is 69.7 Å². The molecule has 0 radical (unpaired) electrons. The van der Waals surface area contributed by atoms with Gasteiger partial charge in [-0.25, -0.2) is 31.5 Å². The molecule has 2 aromatic carbocycles. The van der Waals surface area contributed by atoms with Crippen molar-refractivity contribution in [3.05, 3.63) is 66.2 Å². The number of alkyl halides is 3. The van der Waals surface area contributed by atoms with Gasteiger partial charge in [0.15, 0.2) is 15.7 Å². The van der Waals surface area contributed by atoms with Crippen molar-refractivity contribution in [3.8, 4) is 11.3 Å². The van der Waals surface area contributed by atoms with E-state index in [2.05, 4.69) is 30.3 Å². The van der Waals surface area contributed by atoms with Gasteiger partial charge >= 0.3 is 6.18 Å². The molecule has 0 aliphatic rings. The van der Waals surface area contributed by atoms with Gasteiger partial charge in [0, 0.05) is 17.4 Å². The smallest absolute Gasteiger partial charge is 0.359 e. The summed E-state index contributed by atoms with van der Waals surface area (Å²) in [4.78, 5) is 13.3. The zero-order chi connectivity index (χ0) is 31.8. The van der Waals surface area contributed by atoms with Crippen LogP contribution in [0, 0.1) is 0 Å². The van der Waals surface area contributed by atoms with Crippen LogP contribution < -0.4 is 15.4 Å². The first-order valence-electron chi connectivity index (χ1n) is 13.0. The van der Waals surface area contributed by atoms with Gasteiger partial charge in [0.2, 0.25) is 16.0 Å². The molecule has 1 atom stereocenters. The monoisotopic (exact) mass is 636 g/mol. The number of nitrogens with one attached hydrogen (secondary N) is 3. The lowest BCUT2D eigenvalue weighted by atomic mass is 10.1. The zero-order valence-corrected chi connectivity index (χ0v) is 25.6. The summed E-state index contributed by atoms with van der Waals surface area (Å²) >= 11 is 0. The molecule has 0 bridgehead atoms. The minimum absolute atomic E-state index is 0.0180. The molecule has 0 spiro atoms. The highest BCUT2D eigenvalue weighted by Gasteiger charge is 2.28. The van der Waals surface area contributed by atoms with Crippen molar-refractivity contribution in [2.75, 3.05) is 23.4 Å². The molecule has 0 amide bonds. The highest BCUT2D eigenvalue weighted by atomic mass is 32.2. The summed E-state index contributed by atoms with van der Waals surface area (Å²) in [5, 5.41) is 5.34. The van der Waals surface area contributed by atoms with Crippen molar-refractivity contribution >= 4 is 42.7 Å². The molecule has 10 nitrogen and oxygen atoms in total. The topological polar surface area (TPSA) is 143 Å². The number of sulfone groups is 1. The molecule has 1 unspecified atom stereocenters. The first-order valence-corrected chi connectivity index (χ1v) is 16.4. The highest BCUT2D eigenvalue weighted by Crippen LogP contribution is 2.29. The van der Waals surface area contributed by atoms with E-state index in [-0.39, 0.29) is 32.6 Å². The predicted octanol–water partition coefficient (Wildman–Crippen LogP) is 5.32. The van der Waals surface area contributed by atoms with Gasteiger partial charge in [-0.15, -0.1) is 0 Å². The van der Waals surface area contributed by atoms with Gasteiger partial charge in [0.25, 0.3) is 0 Å². The van der Waals surface area contributed by atoms with Gasteiger partial charge in [0.05, 0.1) is 27.0 Å². The SMILES string of the molecule is CC(Nc1nc(NCC(F)(F)F)c2nc(-c3cccc(S(C)(=O)=O)c3)ccc2n1)c1ccc(S(=O)(=O)NC(C)(C)C)cc1. The number of fused-ring (bicyclic) bond motifs is 1. The Kier molecular flexibility index (Phi) is 8.73. The molecular formula is C28H31F3N6O4S2. The third kappa shape index (κ3) is 8.39. The van der Waals surface area contributed by atoms with Crippen molar-refractivity contribution in [1.29, 1.82) is 0 Å². The van der Waals surface area contributed by atoms with Crippen LogP contribution in [0.25, 0.3) is 22.3 Å². The van der Waals surface area contributed by atoms with Crippen LogP contribution >= 0.6 is 0 Å². The van der Waals surface area contributed by atoms with E-state index in [4.69, 9.17) is 0 Å². The largest absolute Gasteiger partial charge is 0.405 e. The van der Waals surface area contributed by atoms with E-state index < -0.39 is 44.2 Å². The fourth-order valence-corrected chi connectivity index (χ4v) is 6.19. The van der Waals surface area contributed by atoms with Crippen LogP contribution in [0.3, 0.4) is 0 Å². The fourth-order valence-electron chi connectivity index (χ4n) is 4.11. The van der Waals surface area contributed by atoms with E-state index in [0.29, 0.717) is 16.8 Å². The van der Waals surface area contributed by atoms with E-state index in [1.807, 2.05) is 0 Å². The highest BCUT2D eigenvalue weighted by molar-refractivity contribution is 7.90. The van der Waals surface area contributed by atoms with Gasteiger partial charge in [-0.2, -0.15) is 18.2 Å². The second-order valence-electron chi connectivity index (χ2n) is 11.0. The Morgan fingerprint density at radius 3 is 2.14 bits per heavy atom. The summed E-state index contributed by atoms with van der Waals surface area (Å²) < 4.78 is 91.3. The van der Waals surface area contributed by atoms with E-state index in [1.54, 1.807) is 64.1 Å². The summed E-state index contributed by atoms with van der Waals surface area (Å²) in [6.45, 7) is 5.60. The average Bonchev–Trinajstić information content (AvgIpc) is 2.89. The molecule has 0 aliphatic carbocycles. The summed E-state index contributed by atoms with van der Waals surface area (Å²) in [7, 11) is -7.23. The lowest BCUT2D eigenvalue weighted by Gasteiger charge is -2.21. The number of hydrogen-bond acceptors (Lipinski definition) is 9. The first kappa shape index (κ1) is 32.1. The number of hydrogen-bond donors (Lipinski definition) is 3. The number of pyridine rings is 1. The molecule has 4 rings (SSSR count). The zero-order valence-electron chi connectivity index (χ0n) is 24.0. The molecule has 15 heteroatoms. The van der Waals surface area contributed by atoms with Crippen molar-refractivity contribution in [1.82, 2.24) is 19.7 Å². The molecule has 0 fully saturated rings. The Labute approximate surface area is 248 Å². The van der Waals surface area contributed by atoms with Crippen LogP contribution in [-0.4, -0.2) is 56.3 Å². The van der Waals surface area contributed by atoms with Crippen LogP contribution in [0.1, 0.15) is 39.3 Å². The molecular weight excluding hydrogens is 605 g/mol. The van der Waals surface area contributed by atoms with Gasteiger partial charge in [-0.1, -0.05) is 24.3 Å². The molecule has 43 heavy (non-hydrogen) atoms. The number of halogens is 3. The van der Waals surface area contributed by atoms with E-state index in [1.165, 1.54) is 24.3 Å². The Morgan fingerprint density at radius 1 is 0.860 bits per heavy atom. The molecule has 0 saturated carbocycles. The van der Waals surface area contributed by atoms with Crippen LogP contribution in [0.2, 0.25) is 0 Å². The van der Waals surface area contributed by atoms with Crippen LogP contribution in [0.4, 0.5) is 24.9 Å². The number of nitrogens with zero attached hydrogens (tertiary/aromatic N) is 3. The lowest BCUT2D eigenvalue weighted by molar-refractivity contribution is -0.115. The maximum Gasteiger partial charge on any atom is 0.405 e. The number of rotatable bonds is 9. The molecule has 0 saturated heterocycles. The van der Waals surface area contributed by atoms with Gasteiger partial charge < -0.3 is 10.6 Å². The molecule has 4 aromatic rings. The number of aromatic nitrogens is 3. The number of anilines is 2. The Hall–Kier alpha value is -3.82. The van der Waals surface area contributed by atoms with Crippen LogP contribution in [0.5, 0.6) is 0 Å². The molecule has 0 aliphatic heterocycles. The second kappa shape index (κ2) is 11.7. The maximum atomic E-state index is 13.1. The van der Waals surface area contributed by atoms with Crippen molar-refractivity contribution in [2.24, 2.45) is 0 Å². The van der Waals surface area contributed by atoms with Crippen molar-refractivity contribution in [3.63, 3.8) is 0 Å².